The van der Waals surface area contributed by atoms with Crippen LogP contribution in [0.2, 0.25) is 0 Å². The first-order chi connectivity index (χ1) is 11.4. The van der Waals surface area contributed by atoms with E-state index in [0.717, 1.165) is 16.1 Å². The lowest BCUT2D eigenvalue weighted by molar-refractivity contribution is -0.384. The van der Waals surface area contributed by atoms with Crippen LogP contribution in [0.4, 0.5) is 5.69 Å². The number of benzene rings is 2. The molecule has 2 N–H and O–H groups in total. The number of hydrogen-bond acceptors (Lipinski definition) is 4. The molecule has 0 aliphatic carbocycles. The summed E-state index contributed by atoms with van der Waals surface area (Å²) in [6.45, 7) is 0. The largest absolute Gasteiger partial charge is 0.480 e. The third-order valence-electron chi connectivity index (χ3n) is 3.30. The molecule has 124 valence electrons. The number of carboxylic acid groups (broad SMARTS) is 1. The van der Waals surface area contributed by atoms with Crippen molar-refractivity contribution < 1.29 is 19.6 Å². The fourth-order valence-electron chi connectivity index (χ4n) is 2.09. The number of rotatable bonds is 6. The Hall–Kier alpha value is -2.74. The fraction of sp³-hybridized carbons (Fsp3) is 0.125. The van der Waals surface area contributed by atoms with Gasteiger partial charge in [-0.1, -0.05) is 40.2 Å². The van der Waals surface area contributed by atoms with E-state index in [2.05, 4.69) is 21.2 Å². The summed E-state index contributed by atoms with van der Waals surface area (Å²) in [5.41, 5.74) is 0.521. The van der Waals surface area contributed by atoms with Gasteiger partial charge in [-0.3, -0.25) is 14.9 Å². The van der Waals surface area contributed by atoms with Gasteiger partial charge in [0.2, 0.25) is 0 Å². The number of halogens is 1. The smallest absolute Gasteiger partial charge is 0.326 e. The number of carbonyl (C=O) groups excluding carboxylic acids is 1. The van der Waals surface area contributed by atoms with Crippen LogP contribution in [0, 0.1) is 10.1 Å². The highest BCUT2D eigenvalue weighted by atomic mass is 79.9. The molecule has 7 nitrogen and oxygen atoms in total. The molecular weight excluding hydrogens is 380 g/mol. The predicted octanol–water partition coefficient (Wildman–Crippen LogP) is 2.78. The van der Waals surface area contributed by atoms with E-state index in [-0.39, 0.29) is 17.7 Å². The summed E-state index contributed by atoms with van der Waals surface area (Å²) >= 11 is 3.33. The normalized spacial score (nSPS) is 11.5. The van der Waals surface area contributed by atoms with E-state index in [4.69, 9.17) is 0 Å². The van der Waals surface area contributed by atoms with E-state index in [9.17, 15) is 24.8 Å². The number of nitrogens with one attached hydrogen (secondary N) is 1. The number of nitrogens with zero attached hydrogens (tertiary/aromatic N) is 1. The average molecular weight is 393 g/mol. The number of hydrogen-bond donors (Lipinski definition) is 2. The van der Waals surface area contributed by atoms with Gasteiger partial charge < -0.3 is 10.4 Å². The molecule has 1 atom stereocenters. The quantitative estimate of drug-likeness (QED) is 0.580. The van der Waals surface area contributed by atoms with E-state index in [1.807, 2.05) is 0 Å². The number of nitro benzene ring substituents is 1. The Morgan fingerprint density at radius 2 is 1.92 bits per heavy atom. The van der Waals surface area contributed by atoms with Gasteiger partial charge in [0.25, 0.3) is 11.6 Å². The summed E-state index contributed by atoms with van der Waals surface area (Å²) < 4.78 is 0.737. The second-order valence-corrected chi connectivity index (χ2v) is 5.82. The van der Waals surface area contributed by atoms with Crippen LogP contribution < -0.4 is 5.32 Å². The lowest BCUT2D eigenvalue weighted by atomic mass is 10.1. The minimum atomic E-state index is -1.19. The van der Waals surface area contributed by atoms with Gasteiger partial charge in [0, 0.05) is 28.6 Å². The van der Waals surface area contributed by atoms with Gasteiger partial charge in [-0.25, -0.2) is 4.79 Å². The van der Waals surface area contributed by atoms with Crippen LogP contribution in [0.1, 0.15) is 15.9 Å². The molecule has 2 aromatic rings. The molecule has 0 saturated heterocycles. The van der Waals surface area contributed by atoms with Gasteiger partial charge in [0.15, 0.2) is 0 Å². The first kappa shape index (κ1) is 17.6. The summed E-state index contributed by atoms with van der Waals surface area (Å²) in [5.74, 6) is -1.87. The molecule has 2 rings (SSSR count). The lowest BCUT2D eigenvalue weighted by Gasteiger charge is -2.15. The first-order valence-electron chi connectivity index (χ1n) is 6.90. The van der Waals surface area contributed by atoms with Crippen molar-refractivity contribution in [1.82, 2.24) is 5.32 Å². The molecule has 2 aromatic carbocycles. The Balaban J connectivity index is 2.17. The number of aliphatic carboxylic acids is 1. The number of amides is 1. The molecule has 8 heteroatoms. The molecule has 0 bridgehead atoms. The zero-order chi connectivity index (χ0) is 17.7. The molecule has 0 aliphatic heterocycles. The van der Waals surface area contributed by atoms with Crippen LogP contribution in [-0.4, -0.2) is 27.9 Å². The van der Waals surface area contributed by atoms with Crippen molar-refractivity contribution in [3.8, 4) is 0 Å². The SMILES string of the molecule is O=C(N[C@H](Cc1ccccc1Br)C(=O)O)c1cccc([N+](=O)[O-])c1. The van der Waals surface area contributed by atoms with Crippen LogP contribution in [-0.2, 0) is 11.2 Å². The molecule has 0 aromatic heterocycles. The molecule has 0 radical (unpaired) electrons. The van der Waals surface area contributed by atoms with Crippen molar-refractivity contribution >= 4 is 33.5 Å². The molecular formula is C16H13BrN2O5. The Morgan fingerprint density at radius 3 is 2.54 bits per heavy atom. The molecule has 1 amide bonds. The Morgan fingerprint density at radius 1 is 1.21 bits per heavy atom. The molecule has 0 spiro atoms. The van der Waals surface area contributed by atoms with E-state index >= 15 is 0 Å². The minimum absolute atomic E-state index is 0.0302. The van der Waals surface area contributed by atoms with Crippen LogP contribution >= 0.6 is 15.9 Å². The van der Waals surface area contributed by atoms with Gasteiger partial charge in [-0.05, 0) is 17.7 Å². The molecule has 24 heavy (non-hydrogen) atoms. The highest BCUT2D eigenvalue weighted by molar-refractivity contribution is 9.10. The molecule has 0 saturated carbocycles. The first-order valence-corrected chi connectivity index (χ1v) is 7.69. The number of carbonyl (C=O) groups is 2. The summed E-state index contributed by atoms with van der Waals surface area (Å²) in [4.78, 5) is 33.8. The summed E-state index contributed by atoms with van der Waals surface area (Å²) in [5, 5.41) is 22.5. The van der Waals surface area contributed by atoms with Crippen LogP contribution in [0.3, 0.4) is 0 Å². The lowest BCUT2D eigenvalue weighted by Crippen LogP contribution is -2.42. The topological polar surface area (TPSA) is 110 Å². The van der Waals surface area contributed by atoms with Gasteiger partial charge >= 0.3 is 5.97 Å². The van der Waals surface area contributed by atoms with Crippen molar-refractivity contribution in [1.29, 1.82) is 0 Å². The van der Waals surface area contributed by atoms with Gasteiger partial charge in [-0.2, -0.15) is 0 Å². The Bertz CT molecular complexity index is 794. The van der Waals surface area contributed by atoms with Crippen molar-refractivity contribution in [2.75, 3.05) is 0 Å². The number of non-ortho nitro benzene ring substituents is 1. The highest BCUT2D eigenvalue weighted by Gasteiger charge is 2.22. The fourth-order valence-corrected chi connectivity index (χ4v) is 2.53. The number of carboxylic acids is 1. The third-order valence-corrected chi connectivity index (χ3v) is 4.08. The zero-order valence-corrected chi connectivity index (χ0v) is 13.9. The summed E-state index contributed by atoms with van der Waals surface area (Å²) in [7, 11) is 0. The summed E-state index contributed by atoms with van der Waals surface area (Å²) in [6.07, 6.45) is 0.0808. The summed E-state index contributed by atoms with van der Waals surface area (Å²) in [6, 6.07) is 11.0. The van der Waals surface area contributed by atoms with Crippen molar-refractivity contribution in [3.63, 3.8) is 0 Å². The monoisotopic (exact) mass is 392 g/mol. The zero-order valence-electron chi connectivity index (χ0n) is 12.3. The molecule has 0 unspecified atom stereocenters. The van der Waals surface area contributed by atoms with E-state index < -0.39 is 22.8 Å². The number of nitro groups is 1. The Labute approximate surface area is 145 Å². The second kappa shape index (κ2) is 7.69. The van der Waals surface area contributed by atoms with E-state index in [1.165, 1.54) is 18.2 Å². The van der Waals surface area contributed by atoms with Crippen LogP contribution in [0.15, 0.2) is 53.0 Å². The minimum Gasteiger partial charge on any atom is -0.480 e. The molecule has 0 aliphatic rings. The standard InChI is InChI=1S/C16H13BrN2O5/c17-13-7-2-1-4-10(13)9-14(16(21)22)18-15(20)11-5-3-6-12(8-11)19(23)24/h1-8,14H,9H2,(H,18,20)(H,21,22)/t14-/m1/s1. The second-order valence-electron chi connectivity index (χ2n) is 4.97. The van der Waals surface area contributed by atoms with Gasteiger partial charge in [0.05, 0.1) is 4.92 Å². The predicted molar refractivity (Wildman–Crippen MR) is 89.8 cm³/mol. The maximum absolute atomic E-state index is 12.2. The third kappa shape index (κ3) is 4.39. The Kier molecular flexibility index (Phi) is 5.64. The van der Waals surface area contributed by atoms with Crippen LogP contribution in [0.5, 0.6) is 0 Å². The van der Waals surface area contributed by atoms with Crippen LogP contribution in [0.25, 0.3) is 0 Å². The van der Waals surface area contributed by atoms with Crippen molar-refractivity contribution in [2.24, 2.45) is 0 Å². The van der Waals surface area contributed by atoms with Gasteiger partial charge in [-0.15, -0.1) is 0 Å². The van der Waals surface area contributed by atoms with Gasteiger partial charge in [0.1, 0.15) is 6.04 Å². The maximum Gasteiger partial charge on any atom is 0.326 e. The molecule has 0 heterocycles. The molecule has 0 fully saturated rings. The average Bonchev–Trinajstić information content (AvgIpc) is 2.56. The maximum atomic E-state index is 12.2. The van der Waals surface area contributed by atoms with Crippen molar-refractivity contribution in [2.45, 2.75) is 12.5 Å². The van der Waals surface area contributed by atoms with Crippen molar-refractivity contribution in [3.05, 3.63) is 74.2 Å². The highest BCUT2D eigenvalue weighted by Crippen LogP contribution is 2.18. The van der Waals surface area contributed by atoms with E-state index in [1.54, 1.807) is 24.3 Å². The van der Waals surface area contributed by atoms with E-state index in [0.29, 0.717) is 0 Å².